The molecule has 6 nitrogen and oxygen atoms in total. The van der Waals surface area contributed by atoms with Crippen molar-refractivity contribution in [1.82, 2.24) is 9.62 Å². The molecule has 4 rings (SSSR count). The summed E-state index contributed by atoms with van der Waals surface area (Å²) in [6, 6.07) is 20.6. The standard InChI is InChI=1S/C23H26N2O4S.ClH/c1-28-21-9-6-19(7-10-21)23(25-12-14-29-15-13-25)17-24-30(26,27)22-11-8-18-4-2-3-5-20(18)16-22;/h2-11,16,23-24H,12-15,17H2,1H3;1H. The van der Waals surface area contributed by atoms with E-state index in [1.54, 1.807) is 19.2 Å². The van der Waals surface area contributed by atoms with Crippen LogP contribution >= 0.6 is 12.4 Å². The summed E-state index contributed by atoms with van der Waals surface area (Å²) in [5.74, 6) is 0.774. The van der Waals surface area contributed by atoms with Crippen molar-refractivity contribution in [1.29, 1.82) is 0 Å². The first-order chi connectivity index (χ1) is 14.6. The van der Waals surface area contributed by atoms with E-state index in [1.807, 2.05) is 54.6 Å². The monoisotopic (exact) mass is 462 g/mol. The Hall–Kier alpha value is -2.16. The summed E-state index contributed by atoms with van der Waals surface area (Å²) in [7, 11) is -2.01. The molecule has 3 aromatic carbocycles. The van der Waals surface area contributed by atoms with Crippen molar-refractivity contribution in [2.75, 3.05) is 40.0 Å². The minimum absolute atomic E-state index is 0. The Labute approximate surface area is 189 Å². The van der Waals surface area contributed by atoms with E-state index >= 15 is 0 Å². The molecule has 0 bridgehead atoms. The third-order valence-corrected chi connectivity index (χ3v) is 6.91. The van der Waals surface area contributed by atoms with Crippen molar-refractivity contribution in [3.05, 3.63) is 72.3 Å². The van der Waals surface area contributed by atoms with Crippen LogP contribution < -0.4 is 9.46 Å². The average Bonchev–Trinajstić information content (AvgIpc) is 2.80. The van der Waals surface area contributed by atoms with Gasteiger partial charge in [-0.3, -0.25) is 4.90 Å². The quantitative estimate of drug-likeness (QED) is 0.580. The van der Waals surface area contributed by atoms with E-state index in [0.29, 0.717) is 13.2 Å². The third kappa shape index (κ3) is 5.56. The molecule has 31 heavy (non-hydrogen) atoms. The van der Waals surface area contributed by atoms with Crippen LogP contribution in [0.25, 0.3) is 10.8 Å². The van der Waals surface area contributed by atoms with Crippen LogP contribution in [0.4, 0.5) is 0 Å². The molecule has 1 unspecified atom stereocenters. The van der Waals surface area contributed by atoms with Crippen LogP contribution in [-0.2, 0) is 14.8 Å². The van der Waals surface area contributed by atoms with Crippen molar-refractivity contribution in [3.8, 4) is 5.75 Å². The van der Waals surface area contributed by atoms with Gasteiger partial charge in [0.2, 0.25) is 10.0 Å². The van der Waals surface area contributed by atoms with Crippen molar-refractivity contribution in [3.63, 3.8) is 0 Å². The predicted octanol–water partition coefficient (Wildman–Crippen LogP) is 3.62. The number of halogens is 1. The fourth-order valence-electron chi connectivity index (χ4n) is 3.78. The van der Waals surface area contributed by atoms with Crippen LogP contribution in [0.1, 0.15) is 11.6 Å². The molecule has 8 heteroatoms. The summed E-state index contributed by atoms with van der Waals surface area (Å²) in [5, 5.41) is 1.92. The van der Waals surface area contributed by atoms with Gasteiger partial charge in [-0.15, -0.1) is 12.4 Å². The zero-order chi connectivity index (χ0) is 21.0. The topological polar surface area (TPSA) is 67.9 Å². The summed E-state index contributed by atoms with van der Waals surface area (Å²) < 4.78 is 39.6. The van der Waals surface area contributed by atoms with Gasteiger partial charge in [0.25, 0.3) is 0 Å². The minimum Gasteiger partial charge on any atom is -0.497 e. The van der Waals surface area contributed by atoms with E-state index < -0.39 is 10.0 Å². The molecule has 3 aromatic rings. The van der Waals surface area contributed by atoms with E-state index in [-0.39, 0.29) is 29.9 Å². The van der Waals surface area contributed by atoms with Crippen molar-refractivity contribution < 1.29 is 17.9 Å². The second-order valence-electron chi connectivity index (χ2n) is 7.30. The number of morpholine rings is 1. The molecule has 0 radical (unpaired) electrons. The molecule has 1 aliphatic rings. The van der Waals surface area contributed by atoms with E-state index in [4.69, 9.17) is 9.47 Å². The Bertz CT molecular complexity index is 1100. The lowest BCUT2D eigenvalue weighted by Crippen LogP contribution is -2.43. The average molecular weight is 463 g/mol. The van der Waals surface area contributed by atoms with Crippen molar-refractivity contribution in [2.45, 2.75) is 10.9 Å². The van der Waals surface area contributed by atoms with Gasteiger partial charge in [0.05, 0.1) is 25.2 Å². The maximum Gasteiger partial charge on any atom is 0.240 e. The molecule has 1 aliphatic heterocycles. The molecule has 0 amide bonds. The normalized spacial score (nSPS) is 15.9. The molecule has 0 saturated carbocycles. The number of nitrogens with one attached hydrogen (secondary N) is 1. The highest BCUT2D eigenvalue weighted by atomic mass is 35.5. The molecular formula is C23H27ClN2O4S. The summed E-state index contributed by atoms with van der Waals surface area (Å²) >= 11 is 0. The van der Waals surface area contributed by atoms with Crippen LogP contribution in [0, 0.1) is 0 Å². The number of sulfonamides is 1. The Balaban J connectivity index is 0.00000272. The first-order valence-corrected chi connectivity index (χ1v) is 11.5. The number of ether oxygens (including phenoxy) is 2. The summed E-state index contributed by atoms with van der Waals surface area (Å²) in [4.78, 5) is 2.53. The Morgan fingerprint density at radius 3 is 2.35 bits per heavy atom. The minimum atomic E-state index is -3.64. The highest BCUT2D eigenvalue weighted by Crippen LogP contribution is 2.25. The van der Waals surface area contributed by atoms with Crippen LogP contribution in [0.2, 0.25) is 0 Å². The number of rotatable bonds is 7. The lowest BCUT2D eigenvalue weighted by atomic mass is 10.0. The highest BCUT2D eigenvalue weighted by Gasteiger charge is 2.25. The summed E-state index contributed by atoms with van der Waals surface area (Å²) in [6.07, 6.45) is 0. The van der Waals surface area contributed by atoms with Gasteiger partial charge in [-0.2, -0.15) is 0 Å². The Morgan fingerprint density at radius 2 is 1.68 bits per heavy atom. The van der Waals surface area contributed by atoms with Crippen molar-refractivity contribution in [2.24, 2.45) is 0 Å². The second kappa shape index (κ2) is 10.4. The molecule has 1 N–H and O–H groups in total. The second-order valence-corrected chi connectivity index (χ2v) is 9.07. The number of methoxy groups -OCH3 is 1. The van der Waals surface area contributed by atoms with Gasteiger partial charge in [-0.05, 0) is 40.6 Å². The molecule has 0 aliphatic carbocycles. The molecule has 0 aromatic heterocycles. The highest BCUT2D eigenvalue weighted by molar-refractivity contribution is 7.89. The molecule has 1 atom stereocenters. The van der Waals surface area contributed by atoms with Gasteiger partial charge in [-0.25, -0.2) is 13.1 Å². The van der Waals surface area contributed by atoms with Crippen LogP contribution in [0.15, 0.2) is 71.6 Å². The van der Waals surface area contributed by atoms with E-state index in [2.05, 4.69) is 9.62 Å². The van der Waals surface area contributed by atoms with Gasteiger partial charge < -0.3 is 9.47 Å². The van der Waals surface area contributed by atoms with E-state index in [9.17, 15) is 8.42 Å². The molecule has 1 fully saturated rings. The maximum absolute atomic E-state index is 13.0. The first kappa shape index (κ1) is 23.5. The fourth-order valence-corrected chi connectivity index (χ4v) is 4.85. The van der Waals surface area contributed by atoms with E-state index in [0.717, 1.165) is 35.2 Å². The molecule has 1 saturated heterocycles. The Kier molecular flexibility index (Phi) is 7.91. The number of fused-ring (bicyclic) bond motifs is 1. The van der Waals surface area contributed by atoms with Gasteiger partial charge in [0.1, 0.15) is 5.75 Å². The van der Waals surface area contributed by atoms with Gasteiger partial charge in [-0.1, -0.05) is 42.5 Å². The number of hydrogen-bond donors (Lipinski definition) is 1. The van der Waals surface area contributed by atoms with Crippen LogP contribution in [0.3, 0.4) is 0 Å². The zero-order valence-corrected chi connectivity index (χ0v) is 19.0. The van der Waals surface area contributed by atoms with Gasteiger partial charge >= 0.3 is 0 Å². The first-order valence-electron chi connectivity index (χ1n) is 10.0. The number of benzene rings is 3. The fraction of sp³-hybridized carbons (Fsp3) is 0.304. The summed E-state index contributed by atoms with van der Waals surface area (Å²) in [6.45, 7) is 3.08. The lowest BCUT2D eigenvalue weighted by molar-refractivity contribution is 0.0172. The smallest absolute Gasteiger partial charge is 0.240 e. The molecular weight excluding hydrogens is 436 g/mol. The van der Waals surface area contributed by atoms with Crippen LogP contribution in [-0.4, -0.2) is 53.3 Å². The van der Waals surface area contributed by atoms with Gasteiger partial charge in [0, 0.05) is 25.7 Å². The van der Waals surface area contributed by atoms with Gasteiger partial charge in [0.15, 0.2) is 0 Å². The predicted molar refractivity (Wildman–Crippen MR) is 125 cm³/mol. The zero-order valence-electron chi connectivity index (χ0n) is 17.4. The summed E-state index contributed by atoms with van der Waals surface area (Å²) in [5.41, 5.74) is 1.04. The lowest BCUT2D eigenvalue weighted by Gasteiger charge is -2.35. The number of nitrogens with zero attached hydrogens (tertiary/aromatic N) is 1. The SMILES string of the molecule is COc1ccc(C(CNS(=O)(=O)c2ccc3ccccc3c2)N2CCOCC2)cc1.Cl. The third-order valence-electron chi connectivity index (χ3n) is 5.48. The maximum atomic E-state index is 13.0. The molecule has 166 valence electrons. The number of hydrogen-bond acceptors (Lipinski definition) is 5. The van der Waals surface area contributed by atoms with Crippen LogP contribution in [0.5, 0.6) is 5.75 Å². The Morgan fingerprint density at radius 1 is 1.00 bits per heavy atom. The molecule has 0 spiro atoms. The van der Waals surface area contributed by atoms with E-state index in [1.165, 1.54) is 0 Å². The van der Waals surface area contributed by atoms with Crippen molar-refractivity contribution >= 4 is 33.2 Å². The largest absolute Gasteiger partial charge is 0.497 e. The molecule has 1 heterocycles.